The molecular formula is C24H30N4OS. The number of aryl methyl sites for hydroxylation is 2. The molecule has 0 bridgehead atoms. The summed E-state index contributed by atoms with van der Waals surface area (Å²) in [5, 5.41) is 0.953. The van der Waals surface area contributed by atoms with Crippen molar-refractivity contribution in [2.24, 2.45) is 0 Å². The molecule has 1 aliphatic rings. The van der Waals surface area contributed by atoms with Crippen molar-refractivity contribution >= 4 is 17.2 Å². The van der Waals surface area contributed by atoms with Crippen LogP contribution >= 0.6 is 11.3 Å². The Labute approximate surface area is 182 Å². The second kappa shape index (κ2) is 8.72. The van der Waals surface area contributed by atoms with Gasteiger partial charge in [0, 0.05) is 37.9 Å². The van der Waals surface area contributed by atoms with E-state index < -0.39 is 0 Å². The number of imidazole rings is 1. The number of carbonyl (C=O) groups is 1. The maximum Gasteiger partial charge on any atom is 0.265 e. The number of hydrogen-bond donors (Lipinski definition) is 0. The molecule has 3 aromatic rings. The highest BCUT2D eigenvalue weighted by Crippen LogP contribution is 2.29. The SMILES string of the molecule is Cc1nc(C)c(C(=O)N2CCC(c3nccn3Cc3ccc(C(C)C)cc3)CC2)s1. The van der Waals surface area contributed by atoms with Crippen LogP contribution in [0.1, 0.15) is 75.8 Å². The third-order valence-corrected chi connectivity index (χ3v) is 7.05. The van der Waals surface area contributed by atoms with Crippen molar-refractivity contribution < 1.29 is 4.79 Å². The Morgan fingerprint density at radius 2 is 1.87 bits per heavy atom. The fraction of sp³-hybridized carbons (Fsp3) is 0.458. The number of benzene rings is 1. The van der Waals surface area contributed by atoms with Gasteiger partial charge in [-0.05, 0) is 43.7 Å². The predicted octanol–water partition coefficient (Wildman–Crippen LogP) is 5.15. The first-order valence-corrected chi connectivity index (χ1v) is 11.6. The highest BCUT2D eigenvalue weighted by Gasteiger charge is 2.28. The van der Waals surface area contributed by atoms with Crippen molar-refractivity contribution in [2.45, 2.75) is 58.9 Å². The summed E-state index contributed by atoms with van der Waals surface area (Å²) in [5.74, 6) is 2.21. The number of thiazole rings is 1. The number of piperidine rings is 1. The Kier molecular flexibility index (Phi) is 6.04. The Morgan fingerprint density at radius 3 is 2.47 bits per heavy atom. The molecule has 0 spiro atoms. The predicted molar refractivity (Wildman–Crippen MR) is 121 cm³/mol. The lowest BCUT2D eigenvalue weighted by Crippen LogP contribution is -2.38. The third kappa shape index (κ3) is 4.33. The van der Waals surface area contributed by atoms with Gasteiger partial charge in [0.25, 0.3) is 5.91 Å². The first kappa shape index (κ1) is 20.8. The monoisotopic (exact) mass is 422 g/mol. The number of rotatable bonds is 5. The van der Waals surface area contributed by atoms with E-state index in [1.54, 1.807) is 0 Å². The molecule has 30 heavy (non-hydrogen) atoms. The number of hydrogen-bond acceptors (Lipinski definition) is 4. The van der Waals surface area contributed by atoms with Gasteiger partial charge in [-0.25, -0.2) is 9.97 Å². The van der Waals surface area contributed by atoms with Crippen LogP contribution in [0.3, 0.4) is 0 Å². The third-order valence-electron chi connectivity index (χ3n) is 5.99. The topological polar surface area (TPSA) is 51.0 Å². The zero-order chi connectivity index (χ0) is 21.3. The van der Waals surface area contributed by atoms with Gasteiger partial charge in [0.2, 0.25) is 0 Å². The molecular weight excluding hydrogens is 392 g/mol. The van der Waals surface area contributed by atoms with Gasteiger partial charge in [-0.1, -0.05) is 38.1 Å². The van der Waals surface area contributed by atoms with Gasteiger partial charge in [-0.15, -0.1) is 11.3 Å². The van der Waals surface area contributed by atoms with Gasteiger partial charge in [0.15, 0.2) is 0 Å². The fourth-order valence-electron chi connectivity index (χ4n) is 4.23. The van der Waals surface area contributed by atoms with Crippen molar-refractivity contribution in [3.8, 4) is 0 Å². The van der Waals surface area contributed by atoms with Gasteiger partial charge in [0.1, 0.15) is 10.7 Å². The molecule has 0 N–H and O–H groups in total. The summed E-state index contributed by atoms with van der Waals surface area (Å²) >= 11 is 1.50. The Balaban J connectivity index is 1.40. The van der Waals surface area contributed by atoms with Gasteiger partial charge < -0.3 is 9.47 Å². The largest absolute Gasteiger partial charge is 0.338 e. The number of carbonyl (C=O) groups excluding carboxylic acids is 1. The summed E-state index contributed by atoms with van der Waals surface area (Å²) in [6.45, 7) is 10.7. The minimum absolute atomic E-state index is 0.130. The minimum atomic E-state index is 0.130. The number of likely N-dealkylation sites (tertiary alicyclic amines) is 1. The molecule has 1 amide bonds. The molecule has 0 radical (unpaired) electrons. The van der Waals surface area contributed by atoms with E-state index in [-0.39, 0.29) is 5.91 Å². The molecule has 0 atom stereocenters. The van der Waals surface area contributed by atoms with Gasteiger partial charge in [-0.2, -0.15) is 0 Å². The minimum Gasteiger partial charge on any atom is -0.338 e. The molecule has 0 saturated carbocycles. The molecule has 1 fully saturated rings. The molecule has 6 heteroatoms. The number of amides is 1. The van der Waals surface area contributed by atoms with Crippen molar-refractivity contribution in [3.05, 3.63) is 69.2 Å². The van der Waals surface area contributed by atoms with Crippen molar-refractivity contribution in [1.82, 2.24) is 19.4 Å². The van der Waals surface area contributed by atoms with Crippen LogP contribution in [0.5, 0.6) is 0 Å². The Bertz CT molecular complexity index is 1010. The van der Waals surface area contributed by atoms with Crippen molar-refractivity contribution in [2.75, 3.05) is 13.1 Å². The van der Waals surface area contributed by atoms with Crippen LogP contribution in [0, 0.1) is 13.8 Å². The van der Waals surface area contributed by atoms with Gasteiger partial charge in [-0.3, -0.25) is 4.79 Å². The van der Waals surface area contributed by atoms with Crippen LogP contribution < -0.4 is 0 Å². The van der Waals surface area contributed by atoms with Crippen LogP contribution in [0.4, 0.5) is 0 Å². The normalized spacial score (nSPS) is 15.2. The Hall–Kier alpha value is -2.47. The molecule has 3 heterocycles. The summed E-state index contributed by atoms with van der Waals surface area (Å²) in [6.07, 6.45) is 5.88. The van der Waals surface area contributed by atoms with E-state index in [0.29, 0.717) is 11.8 Å². The summed E-state index contributed by atoms with van der Waals surface area (Å²) < 4.78 is 2.27. The Morgan fingerprint density at radius 1 is 1.17 bits per heavy atom. The zero-order valence-corrected chi connectivity index (χ0v) is 19.1. The molecule has 1 aromatic carbocycles. The van der Waals surface area contributed by atoms with Crippen molar-refractivity contribution in [1.29, 1.82) is 0 Å². The lowest BCUT2D eigenvalue weighted by atomic mass is 9.95. The van der Waals surface area contributed by atoms with Crippen LogP contribution in [0.2, 0.25) is 0 Å². The second-order valence-corrected chi connectivity index (χ2v) is 9.73. The molecule has 1 saturated heterocycles. The van der Waals surface area contributed by atoms with E-state index in [0.717, 1.165) is 53.9 Å². The van der Waals surface area contributed by atoms with Crippen LogP contribution in [0.25, 0.3) is 0 Å². The zero-order valence-electron chi connectivity index (χ0n) is 18.3. The number of nitrogens with zero attached hydrogens (tertiary/aromatic N) is 4. The molecule has 0 unspecified atom stereocenters. The summed E-state index contributed by atoms with van der Waals surface area (Å²) in [7, 11) is 0. The average Bonchev–Trinajstić information content (AvgIpc) is 3.33. The standard InChI is InChI=1S/C24H30N4OS/c1-16(2)20-7-5-19(6-8-20)15-28-14-11-25-23(28)21-9-12-27(13-10-21)24(29)22-17(3)26-18(4)30-22/h5-8,11,14,16,21H,9-10,12-13,15H2,1-4H3. The summed E-state index contributed by atoms with van der Waals surface area (Å²) in [6, 6.07) is 8.90. The average molecular weight is 423 g/mol. The van der Waals surface area contributed by atoms with E-state index in [9.17, 15) is 4.79 Å². The van der Waals surface area contributed by atoms with Crippen molar-refractivity contribution in [3.63, 3.8) is 0 Å². The molecule has 0 aliphatic carbocycles. The lowest BCUT2D eigenvalue weighted by Gasteiger charge is -2.31. The van der Waals surface area contributed by atoms with Gasteiger partial charge >= 0.3 is 0 Å². The molecule has 158 valence electrons. The highest BCUT2D eigenvalue weighted by molar-refractivity contribution is 7.13. The van der Waals surface area contributed by atoms with E-state index in [2.05, 4.69) is 58.8 Å². The van der Waals surface area contributed by atoms with Crippen LogP contribution in [-0.2, 0) is 6.54 Å². The lowest BCUT2D eigenvalue weighted by molar-refractivity contribution is 0.0714. The smallest absolute Gasteiger partial charge is 0.265 e. The molecule has 5 nitrogen and oxygen atoms in total. The van der Waals surface area contributed by atoms with E-state index >= 15 is 0 Å². The number of aromatic nitrogens is 3. The molecule has 4 rings (SSSR count). The summed E-state index contributed by atoms with van der Waals surface area (Å²) in [5.41, 5.74) is 3.51. The highest BCUT2D eigenvalue weighted by atomic mass is 32.1. The van der Waals surface area contributed by atoms with Crippen LogP contribution in [0.15, 0.2) is 36.7 Å². The van der Waals surface area contributed by atoms with E-state index in [1.807, 2.05) is 24.9 Å². The molecule has 1 aliphatic heterocycles. The van der Waals surface area contributed by atoms with E-state index in [4.69, 9.17) is 0 Å². The molecule has 2 aromatic heterocycles. The first-order chi connectivity index (χ1) is 14.4. The maximum absolute atomic E-state index is 12.9. The second-order valence-electron chi connectivity index (χ2n) is 8.52. The van der Waals surface area contributed by atoms with E-state index in [1.165, 1.54) is 22.5 Å². The summed E-state index contributed by atoms with van der Waals surface area (Å²) in [4.78, 5) is 24.7. The van der Waals surface area contributed by atoms with Gasteiger partial charge in [0.05, 0.1) is 10.7 Å². The quantitative estimate of drug-likeness (QED) is 0.571. The fourth-order valence-corrected chi connectivity index (χ4v) is 5.12. The first-order valence-electron chi connectivity index (χ1n) is 10.8. The maximum atomic E-state index is 12.9. The van der Waals surface area contributed by atoms with Crippen LogP contribution in [-0.4, -0.2) is 38.4 Å².